The van der Waals surface area contributed by atoms with Crippen LogP contribution in [0.25, 0.3) is 44.6 Å². The monoisotopic (exact) mass is 707 g/mol. The molecule has 268 valence electrons. The Balaban J connectivity index is 1.06. The molecule has 8 rings (SSSR count). The Labute approximate surface area is 307 Å². The van der Waals surface area contributed by atoms with E-state index in [1.807, 2.05) is 42.6 Å². The van der Waals surface area contributed by atoms with Gasteiger partial charge < -0.3 is 25.3 Å². The van der Waals surface area contributed by atoms with Crippen molar-refractivity contribution in [1.82, 2.24) is 25.2 Å². The van der Waals surface area contributed by atoms with Gasteiger partial charge in [-0.15, -0.1) is 0 Å². The largest absolute Gasteiger partial charge is 0.481 e. The lowest BCUT2D eigenvalue weighted by molar-refractivity contribution is -0.142. The van der Waals surface area contributed by atoms with Crippen LogP contribution in [-0.2, 0) is 17.9 Å². The van der Waals surface area contributed by atoms with Gasteiger partial charge in [0.1, 0.15) is 17.1 Å². The first-order chi connectivity index (χ1) is 25.7. The summed E-state index contributed by atoms with van der Waals surface area (Å²) in [6.07, 6.45) is 6.62. The Bertz CT molecular complexity index is 2400. The van der Waals surface area contributed by atoms with Gasteiger partial charge in [0.2, 0.25) is 5.89 Å². The quantitative estimate of drug-likeness (QED) is 0.114. The summed E-state index contributed by atoms with van der Waals surface area (Å²) in [6, 6.07) is 22.2. The molecule has 3 atom stereocenters. The molecular weight excluding hydrogens is 667 g/mol. The van der Waals surface area contributed by atoms with Crippen LogP contribution in [0.2, 0.25) is 0 Å². The fourth-order valence-electron chi connectivity index (χ4n) is 7.99. The van der Waals surface area contributed by atoms with Crippen molar-refractivity contribution in [2.45, 2.75) is 64.8 Å². The minimum absolute atomic E-state index is 0.0981. The van der Waals surface area contributed by atoms with E-state index in [0.29, 0.717) is 47.9 Å². The third-order valence-corrected chi connectivity index (χ3v) is 10.8. The molecule has 4 N–H and O–H groups in total. The highest BCUT2D eigenvalue weighted by molar-refractivity contribution is 5.91. The van der Waals surface area contributed by atoms with E-state index >= 15 is 0 Å². The van der Waals surface area contributed by atoms with Crippen LogP contribution in [0, 0.1) is 31.1 Å². The molecule has 2 aliphatic rings. The van der Waals surface area contributed by atoms with Crippen molar-refractivity contribution < 1.29 is 19.4 Å². The number of hydrogen-bond donors (Lipinski definition) is 4. The number of benzene rings is 3. The summed E-state index contributed by atoms with van der Waals surface area (Å²) in [5.74, 6) is -0.0583. The van der Waals surface area contributed by atoms with Crippen LogP contribution in [0.15, 0.2) is 77.5 Å². The molecule has 0 radical (unpaired) electrons. The van der Waals surface area contributed by atoms with Crippen molar-refractivity contribution in [3.05, 3.63) is 101 Å². The van der Waals surface area contributed by atoms with E-state index in [1.54, 1.807) is 12.3 Å². The average molecular weight is 708 g/mol. The maximum absolute atomic E-state index is 11.7. The third-order valence-electron chi connectivity index (χ3n) is 10.8. The van der Waals surface area contributed by atoms with Crippen LogP contribution >= 0.6 is 0 Å². The molecule has 4 heterocycles. The zero-order valence-corrected chi connectivity index (χ0v) is 29.8. The van der Waals surface area contributed by atoms with Crippen LogP contribution in [-0.4, -0.2) is 61.3 Å². The van der Waals surface area contributed by atoms with Crippen LogP contribution in [0.3, 0.4) is 0 Å². The lowest BCUT2D eigenvalue weighted by atomic mass is 9.93. The van der Waals surface area contributed by atoms with Gasteiger partial charge >= 0.3 is 5.97 Å². The summed E-state index contributed by atoms with van der Waals surface area (Å²) >= 11 is 0. The van der Waals surface area contributed by atoms with E-state index in [2.05, 4.69) is 58.6 Å². The summed E-state index contributed by atoms with van der Waals surface area (Å²) in [6.45, 7) is 6.91. The Morgan fingerprint density at radius 2 is 1.81 bits per heavy atom. The molecule has 3 aromatic heterocycles. The van der Waals surface area contributed by atoms with E-state index in [0.717, 1.165) is 87.9 Å². The average Bonchev–Trinajstić information content (AvgIpc) is 3.91. The third kappa shape index (κ3) is 6.84. The van der Waals surface area contributed by atoms with Crippen LogP contribution in [0.4, 0.5) is 11.5 Å². The maximum atomic E-state index is 11.7. The Morgan fingerprint density at radius 1 is 1.00 bits per heavy atom. The van der Waals surface area contributed by atoms with Gasteiger partial charge in [0.15, 0.2) is 11.4 Å². The second kappa shape index (κ2) is 14.4. The van der Waals surface area contributed by atoms with Crippen molar-refractivity contribution in [2.75, 3.05) is 18.4 Å². The number of fused-ring (bicyclic) bond motifs is 2. The first-order valence-electron chi connectivity index (χ1n) is 18.2. The molecule has 2 fully saturated rings. The number of aliphatic carboxylic acids is 1. The minimum atomic E-state index is -0.769. The number of aromatic nitrogens is 3. The molecule has 0 bridgehead atoms. The summed E-state index contributed by atoms with van der Waals surface area (Å²) in [5.41, 5.74) is 10.0. The highest BCUT2D eigenvalue weighted by atomic mass is 16.4. The van der Waals surface area contributed by atoms with E-state index in [-0.39, 0.29) is 12.1 Å². The molecule has 1 aliphatic carbocycles. The number of pyridine rings is 2. The molecule has 11 nitrogen and oxygen atoms in total. The van der Waals surface area contributed by atoms with Crippen molar-refractivity contribution in [3.8, 4) is 28.7 Å². The van der Waals surface area contributed by atoms with Crippen molar-refractivity contribution in [1.29, 1.82) is 5.26 Å². The van der Waals surface area contributed by atoms with Gasteiger partial charge in [0.25, 0.3) is 0 Å². The number of carboxylic acids is 1. The van der Waals surface area contributed by atoms with Gasteiger partial charge in [-0.2, -0.15) is 5.26 Å². The molecule has 0 spiro atoms. The smallest absolute Gasteiger partial charge is 0.308 e. The molecule has 6 aromatic rings. The second-order valence-electron chi connectivity index (χ2n) is 14.3. The first-order valence-corrected chi connectivity index (χ1v) is 18.2. The molecule has 11 heteroatoms. The number of likely N-dealkylation sites (tertiary alicyclic amines) is 1. The van der Waals surface area contributed by atoms with E-state index in [4.69, 9.17) is 14.4 Å². The van der Waals surface area contributed by atoms with Crippen LogP contribution < -0.4 is 10.6 Å². The van der Waals surface area contributed by atoms with Gasteiger partial charge in [-0.3, -0.25) is 14.7 Å². The van der Waals surface area contributed by atoms with Gasteiger partial charge in [-0.05, 0) is 103 Å². The number of nitriles is 1. The number of carbonyl (C=O) groups is 1. The predicted octanol–water partition coefficient (Wildman–Crippen LogP) is 7.25. The fraction of sp³-hybridized carbons (Fsp3) is 0.310. The molecule has 3 aromatic carbocycles. The molecule has 1 unspecified atom stereocenters. The highest BCUT2D eigenvalue weighted by Crippen LogP contribution is 2.38. The SMILES string of the molecule is Cc1c(Nc2nccc3cc(CN4CCC(O)C4)cnc23)cccc1-c1cccc(-c2nc3cc(CN[C@H]4CCC[C@H]4C(=O)O)cc(C#N)c3o2)c1C. The number of hydrogen-bond acceptors (Lipinski definition) is 10. The fourth-order valence-corrected chi connectivity index (χ4v) is 7.99. The molecule has 1 aliphatic heterocycles. The molecule has 53 heavy (non-hydrogen) atoms. The molecule has 0 amide bonds. The van der Waals surface area contributed by atoms with E-state index in [9.17, 15) is 20.3 Å². The topological polar surface area (TPSA) is 160 Å². The molecular formula is C42H41N7O4. The second-order valence-corrected chi connectivity index (χ2v) is 14.3. The first kappa shape index (κ1) is 34.4. The summed E-state index contributed by atoms with van der Waals surface area (Å²) in [7, 11) is 0. The minimum Gasteiger partial charge on any atom is -0.481 e. The number of carboxylic acid groups (broad SMARTS) is 1. The van der Waals surface area contributed by atoms with Crippen molar-refractivity contribution in [2.24, 2.45) is 5.92 Å². The number of aliphatic hydroxyl groups excluding tert-OH is 1. The lowest BCUT2D eigenvalue weighted by Crippen LogP contribution is -2.35. The number of nitrogens with zero attached hydrogens (tertiary/aromatic N) is 5. The van der Waals surface area contributed by atoms with Crippen LogP contribution in [0.1, 0.15) is 53.5 Å². The Kier molecular flexibility index (Phi) is 9.35. The number of anilines is 2. The van der Waals surface area contributed by atoms with Gasteiger partial charge in [-0.25, -0.2) is 9.97 Å². The Hall–Kier alpha value is -5.67. The van der Waals surface area contributed by atoms with Gasteiger partial charge in [0.05, 0.1) is 17.6 Å². The summed E-state index contributed by atoms with van der Waals surface area (Å²) in [5, 5.41) is 37.5. The summed E-state index contributed by atoms with van der Waals surface area (Å²) in [4.78, 5) is 28.2. The highest BCUT2D eigenvalue weighted by Gasteiger charge is 2.32. The number of β-amino-alcohol motifs (C(OH)–C–C–N with tert-alkyl or cyclic N) is 1. The zero-order valence-electron chi connectivity index (χ0n) is 29.8. The molecule has 1 saturated heterocycles. The maximum Gasteiger partial charge on any atom is 0.308 e. The zero-order chi connectivity index (χ0) is 36.6. The standard InChI is InChI=1S/C42H41N7O4/c1-24-31(6-3-8-33(24)41-48-37-18-26(16-29(19-43)39(37)53-41)20-45-36-11-5-9-34(36)42(51)52)32-7-4-10-35(25(32)2)47-40-38-28(12-14-44-40)17-27(21-46-38)22-49-15-13-30(50)23-49/h3-4,6-8,10,12,14,16-18,21,30,34,36,45,50H,5,9,11,13,15,20,22-23H2,1-2H3,(H,44,47)(H,51,52)/t30?,34-,36+/m1/s1. The predicted molar refractivity (Wildman–Crippen MR) is 203 cm³/mol. The lowest BCUT2D eigenvalue weighted by Gasteiger charge is -2.17. The van der Waals surface area contributed by atoms with Gasteiger partial charge in [0, 0.05) is 61.3 Å². The number of rotatable bonds is 10. The number of oxazole rings is 1. The molecule has 1 saturated carbocycles. The van der Waals surface area contributed by atoms with Crippen LogP contribution in [0.5, 0.6) is 0 Å². The van der Waals surface area contributed by atoms with Gasteiger partial charge in [-0.1, -0.05) is 30.7 Å². The Morgan fingerprint density at radius 3 is 2.60 bits per heavy atom. The van der Waals surface area contributed by atoms with Crippen molar-refractivity contribution in [3.63, 3.8) is 0 Å². The number of aliphatic hydroxyl groups is 1. The van der Waals surface area contributed by atoms with Crippen molar-refractivity contribution >= 4 is 39.5 Å². The van der Waals surface area contributed by atoms with E-state index < -0.39 is 11.9 Å². The summed E-state index contributed by atoms with van der Waals surface area (Å²) < 4.78 is 6.28. The van der Waals surface area contributed by atoms with E-state index in [1.165, 1.54) is 0 Å². The normalized spacial score (nSPS) is 18.9. The number of nitrogens with one attached hydrogen (secondary N) is 2.